The van der Waals surface area contributed by atoms with Gasteiger partial charge >= 0.3 is 0 Å². The van der Waals surface area contributed by atoms with E-state index < -0.39 is 0 Å². The van der Waals surface area contributed by atoms with Crippen molar-refractivity contribution in [1.82, 2.24) is 4.98 Å². The zero-order chi connectivity index (χ0) is 15.5. The maximum Gasteiger partial charge on any atom is 0.145 e. The number of aromatic nitrogens is 1. The Bertz CT molecular complexity index is 676. The molecule has 1 saturated heterocycles. The number of pyridine rings is 1. The number of hydrogen-bond acceptors (Lipinski definition) is 4. The number of halogens is 1. The third-order valence-corrected chi connectivity index (χ3v) is 4.35. The lowest BCUT2D eigenvalue weighted by Gasteiger charge is -2.27. The van der Waals surface area contributed by atoms with Crippen molar-refractivity contribution in [2.45, 2.75) is 12.8 Å². The monoisotopic (exact) mass is 360 g/mol. The summed E-state index contributed by atoms with van der Waals surface area (Å²) in [6.45, 7) is 1.47. The minimum absolute atomic E-state index is 0.331. The van der Waals surface area contributed by atoms with E-state index in [0.29, 0.717) is 18.6 Å². The summed E-state index contributed by atoms with van der Waals surface area (Å²) in [5.74, 6) is 1.98. The number of ketones is 1. The maximum atomic E-state index is 11.4. The van der Waals surface area contributed by atoms with Crippen molar-refractivity contribution in [2.24, 2.45) is 0 Å². The maximum absolute atomic E-state index is 11.4. The number of hydrogen-bond donors (Lipinski definition) is 0. The van der Waals surface area contributed by atoms with Crippen molar-refractivity contribution in [3.8, 4) is 17.0 Å². The van der Waals surface area contributed by atoms with Crippen LogP contribution in [0.4, 0.5) is 5.82 Å². The highest BCUT2D eigenvalue weighted by Gasteiger charge is 2.19. The summed E-state index contributed by atoms with van der Waals surface area (Å²) in [5.41, 5.74) is 1.83. The number of piperidine rings is 1. The molecule has 2 heterocycles. The summed E-state index contributed by atoms with van der Waals surface area (Å²) >= 11 is 3.44. The summed E-state index contributed by atoms with van der Waals surface area (Å²) < 4.78 is 6.47. The number of Topliss-reactive ketones (excluding diaryl/α,β-unsaturated/α-hetero) is 1. The van der Waals surface area contributed by atoms with E-state index in [1.54, 1.807) is 7.11 Å². The van der Waals surface area contributed by atoms with Crippen LogP contribution in [0.2, 0.25) is 0 Å². The number of carbonyl (C=O) groups excluding carboxylic acids is 1. The van der Waals surface area contributed by atoms with Gasteiger partial charge in [0, 0.05) is 36.0 Å². The van der Waals surface area contributed by atoms with Gasteiger partial charge in [0.25, 0.3) is 0 Å². The van der Waals surface area contributed by atoms with Crippen molar-refractivity contribution < 1.29 is 9.53 Å². The molecule has 0 aliphatic carbocycles. The Hall–Kier alpha value is -1.88. The normalized spacial score (nSPS) is 15.0. The summed E-state index contributed by atoms with van der Waals surface area (Å²) in [6.07, 6.45) is 1.20. The number of carbonyl (C=O) groups is 1. The molecule has 1 fully saturated rings. The number of anilines is 1. The molecule has 0 unspecified atom stereocenters. The molecule has 0 N–H and O–H groups in total. The first kappa shape index (κ1) is 15.0. The second kappa shape index (κ2) is 6.48. The third-order valence-electron chi connectivity index (χ3n) is 3.83. The predicted octanol–water partition coefficient (Wildman–Crippen LogP) is 3.69. The van der Waals surface area contributed by atoms with Gasteiger partial charge < -0.3 is 9.64 Å². The van der Waals surface area contributed by atoms with Crippen molar-refractivity contribution in [1.29, 1.82) is 0 Å². The Morgan fingerprint density at radius 1 is 1.09 bits per heavy atom. The van der Waals surface area contributed by atoms with Gasteiger partial charge in [-0.15, -0.1) is 0 Å². The molecule has 1 aromatic carbocycles. The van der Waals surface area contributed by atoms with E-state index in [4.69, 9.17) is 9.72 Å². The first-order valence-electron chi connectivity index (χ1n) is 7.25. The van der Waals surface area contributed by atoms with Crippen LogP contribution >= 0.6 is 15.9 Å². The molecule has 2 aromatic rings. The van der Waals surface area contributed by atoms with Crippen molar-refractivity contribution >= 4 is 27.5 Å². The van der Waals surface area contributed by atoms with Gasteiger partial charge in [-0.25, -0.2) is 4.98 Å². The van der Waals surface area contributed by atoms with E-state index >= 15 is 0 Å². The van der Waals surface area contributed by atoms with Crippen LogP contribution in [-0.4, -0.2) is 31.0 Å². The zero-order valence-corrected chi connectivity index (χ0v) is 14.0. The highest BCUT2D eigenvalue weighted by Crippen LogP contribution is 2.31. The topological polar surface area (TPSA) is 42.4 Å². The fraction of sp³-hybridized carbons (Fsp3) is 0.294. The summed E-state index contributed by atoms with van der Waals surface area (Å²) in [4.78, 5) is 18.3. The molecule has 22 heavy (non-hydrogen) atoms. The molecule has 1 aliphatic rings. The zero-order valence-electron chi connectivity index (χ0n) is 12.4. The van der Waals surface area contributed by atoms with Gasteiger partial charge in [0.05, 0.1) is 7.11 Å². The van der Waals surface area contributed by atoms with Crippen LogP contribution in [0, 0.1) is 0 Å². The smallest absolute Gasteiger partial charge is 0.145 e. The standard InChI is InChI=1S/C17H17BrN2O2/c1-22-15-6-7-16(20-10-8-14(21)9-11-20)19-17(15)12-2-4-13(18)5-3-12/h2-7H,8-11H2,1H3. The molecule has 0 atom stereocenters. The van der Waals surface area contributed by atoms with Crippen LogP contribution in [0.15, 0.2) is 40.9 Å². The van der Waals surface area contributed by atoms with Crippen LogP contribution in [0.1, 0.15) is 12.8 Å². The summed E-state index contributed by atoms with van der Waals surface area (Å²) in [5, 5.41) is 0. The molecule has 1 aromatic heterocycles. The average molecular weight is 361 g/mol. The lowest BCUT2D eigenvalue weighted by Crippen LogP contribution is -2.34. The van der Waals surface area contributed by atoms with Crippen molar-refractivity contribution in [3.05, 3.63) is 40.9 Å². The van der Waals surface area contributed by atoms with Gasteiger partial charge in [-0.1, -0.05) is 28.1 Å². The summed E-state index contributed by atoms with van der Waals surface area (Å²) in [6, 6.07) is 11.9. The predicted molar refractivity (Wildman–Crippen MR) is 90.4 cm³/mol. The van der Waals surface area contributed by atoms with Gasteiger partial charge in [-0.3, -0.25) is 4.79 Å². The minimum atomic E-state index is 0.331. The molecular formula is C17H17BrN2O2. The Morgan fingerprint density at radius 2 is 1.77 bits per heavy atom. The lowest BCUT2D eigenvalue weighted by atomic mass is 10.1. The number of rotatable bonds is 3. The Balaban J connectivity index is 1.95. The highest BCUT2D eigenvalue weighted by atomic mass is 79.9. The fourth-order valence-corrected chi connectivity index (χ4v) is 2.84. The van der Waals surface area contributed by atoms with Gasteiger partial charge in [0.2, 0.25) is 0 Å². The van der Waals surface area contributed by atoms with E-state index in [9.17, 15) is 4.79 Å². The first-order chi connectivity index (χ1) is 10.7. The van der Waals surface area contributed by atoms with Gasteiger partial charge in [0.1, 0.15) is 23.0 Å². The van der Waals surface area contributed by atoms with Crippen LogP contribution in [0.5, 0.6) is 5.75 Å². The minimum Gasteiger partial charge on any atom is -0.494 e. The van der Waals surface area contributed by atoms with Crippen LogP contribution in [0.25, 0.3) is 11.3 Å². The molecule has 0 bridgehead atoms. The second-order valence-electron chi connectivity index (χ2n) is 5.25. The molecule has 0 saturated carbocycles. The van der Waals surface area contributed by atoms with E-state index in [2.05, 4.69) is 20.8 Å². The number of methoxy groups -OCH3 is 1. The Morgan fingerprint density at radius 3 is 2.41 bits per heavy atom. The van der Waals surface area contributed by atoms with E-state index in [1.165, 1.54) is 0 Å². The van der Waals surface area contributed by atoms with Gasteiger partial charge in [-0.05, 0) is 24.3 Å². The fourth-order valence-electron chi connectivity index (χ4n) is 2.58. The average Bonchev–Trinajstić information content (AvgIpc) is 2.56. The highest BCUT2D eigenvalue weighted by molar-refractivity contribution is 9.10. The van der Waals surface area contributed by atoms with E-state index in [0.717, 1.165) is 40.4 Å². The molecule has 0 spiro atoms. The molecule has 114 valence electrons. The van der Waals surface area contributed by atoms with Gasteiger partial charge in [-0.2, -0.15) is 0 Å². The quantitative estimate of drug-likeness (QED) is 0.836. The molecular weight excluding hydrogens is 344 g/mol. The van der Waals surface area contributed by atoms with Crippen LogP contribution in [0.3, 0.4) is 0 Å². The SMILES string of the molecule is COc1ccc(N2CCC(=O)CC2)nc1-c1ccc(Br)cc1. The van der Waals surface area contributed by atoms with Crippen molar-refractivity contribution in [2.75, 3.05) is 25.1 Å². The van der Waals surface area contributed by atoms with Gasteiger partial charge in [0.15, 0.2) is 0 Å². The Labute approximate surface area is 138 Å². The molecule has 5 heteroatoms. The van der Waals surface area contributed by atoms with E-state index in [-0.39, 0.29) is 0 Å². The number of ether oxygens (including phenoxy) is 1. The molecule has 0 amide bonds. The Kier molecular flexibility index (Phi) is 4.43. The molecule has 3 rings (SSSR count). The first-order valence-corrected chi connectivity index (χ1v) is 8.04. The second-order valence-corrected chi connectivity index (χ2v) is 6.17. The third kappa shape index (κ3) is 3.14. The van der Waals surface area contributed by atoms with E-state index in [1.807, 2.05) is 36.4 Å². The number of nitrogens with zero attached hydrogens (tertiary/aromatic N) is 2. The van der Waals surface area contributed by atoms with Crippen LogP contribution < -0.4 is 9.64 Å². The molecule has 4 nitrogen and oxygen atoms in total. The summed E-state index contributed by atoms with van der Waals surface area (Å²) in [7, 11) is 1.65. The molecule has 0 radical (unpaired) electrons. The van der Waals surface area contributed by atoms with Crippen molar-refractivity contribution in [3.63, 3.8) is 0 Å². The lowest BCUT2D eigenvalue weighted by molar-refractivity contribution is -0.119. The number of benzene rings is 1. The van der Waals surface area contributed by atoms with Crippen LogP contribution in [-0.2, 0) is 4.79 Å². The molecule has 1 aliphatic heterocycles. The largest absolute Gasteiger partial charge is 0.494 e.